The maximum atomic E-state index is 14.3. The fourth-order valence-corrected chi connectivity index (χ4v) is 5.29. The zero-order valence-corrected chi connectivity index (χ0v) is 25.0. The minimum Gasteiger partial charge on any atom is -0.371 e. The van der Waals surface area contributed by atoms with Crippen LogP contribution >= 0.6 is 11.6 Å². The summed E-state index contributed by atoms with van der Waals surface area (Å²) in [6.45, 7) is 14.3. The van der Waals surface area contributed by atoms with E-state index < -0.39 is 19.8 Å². The average molecular weight is 575 g/mol. The molecule has 0 aliphatic rings. The van der Waals surface area contributed by atoms with Crippen LogP contribution in [0.25, 0.3) is 11.3 Å². The van der Waals surface area contributed by atoms with E-state index in [1.165, 1.54) is 12.1 Å². The smallest absolute Gasteiger partial charge is 0.269 e. The van der Waals surface area contributed by atoms with E-state index in [0.29, 0.717) is 42.5 Å². The monoisotopic (exact) mass is 574 g/mol. The Balaban J connectivity index is 1.93. The first-order valence-corrected chi connectivity index (χ1v) is 17.0. The number of hydrogen-bond acceptors (Lipinski definition) is 6. The second-order valence-corrected chi connectivity index (χ2v) is 16.7. The Morgan fingerprint density at radius 3 is 2.62 bits per heavy atom. The molecule has 2 atom stereocenters. The molecule has 2 N–H and O–H groups in total. The van der Waals surface area contributed by atoms with Crippen LogP contribution < -0.4 is 5.73 Å². The Kier molecular flexibility index (Phi) is 10.1. The molecule has 0 radical (unpaired) electrons. The van der Waals surface area contributed by atoms with Crippen molar-refractivity contribution in [3.05, 3.63) is 58.0 Å². The number of rotatable bonds is 13. The third-order valence-corrected chi connectivity index (χ3v) is 8.29. The number of ether oxygens (including phenoxy) is 2. The van der Waals surface area contributed by atoms with E-state index in [-0.39, 0.29) is 35.0 Å². The largest absolute Gasteiger partial charge is 0.371 e. The quantitative estimate of drug-likeness (QED) is 0.206. The van der Waals surface area contributed by atoms with Gasteiger partial charge in [0.25, 0.3) is 5.91 Å². The molecule has 0 fully saturated rings. The Bertz CT molecular complexity index is 1340. The molecule has 210 valence electrons. The van der Waals surface area contributed by atoms with Gasteiger partial charge in [0.2, 0.25) is 0 Å². The van der Waals surface area contributed by atoms with Gasteiger partial charge in [-0.25, -0.2) is 9.37 Å². The lowest BCUT2D eigenvalue weighted by atomic mass is 10.1. The van der Waals surface area contributed by atoms with E-state index in [9.17, 15) is 9.18 Å². The molecule has 0 saturated carbocycles. The van der Waals surface area contributed by atoms with Crippen LogP contribution in [0.5, 0.6) is 0 Å². The second-order valence-electron chi connectivity index (χ2n) is 10.7. The van der Waals surface area contributed by atoms with Crippen molar-refractivity contribution in [3.63, 3.8) is 0 Å². The number of nitrogens with zero attached hydrogens (tertiary/aromatic N) is 5. The van der Waals surface area contributed by atoms with Gasteiger partial charge >= 0.3 is 0 Å². The number of carbonyl (C=O) groups excluding carboxylic acids is 1. The van der Waals surface area contributed by atoms with Crippen LogP contribution in [-0.2, 0) is 22.7 Å². The summed E-state index contributed by atoms with van der Waals surface area (Å²) in [5.74, 6) is -1.00. The fourth-order valence-electron chi connectivity index (χ4n) is 4.28. The summed E-state index contributed by atoms with van der Waals surface area (Å²) < 4.78 is 29.7. The van der Waals surface area contributed by atoms with E-state index in [2.05, 4.69) is 29.7 Å². The molecular weight excluding hydrogens is 539 g/mol. The van der Waals surface area contributed by atoms with Gasteiger partial charge in [-0.05, 0) is 38.1 Å². The highest BCUT2D eigenvalue weighted by Crippen LogP contribution is 2.30. The van der Waals surface area contributed by atoms with Crippen molar-refractivity contribution < 1.29 is 18.7 Å². The van der Waals surface area contributed by atoms with Gasteiger partial charge in [0.15, 0.2) is 0 Å². The van der Waals surface area contributed by atoms with Crippen molar-refractivity contribution in [2.75, 3.05) is 13.2 Å². The first kappa shape index (κ1) is 30.5. The maximum absolute atomic E-state index is 14.3. The van der Waals surface area contributed by atoms with E-state index in [4.69, 9.17) is 32.1 Å². The summed E-state index contributed by atoms with van der Waals surface area (Å²) in [5, 5.41) is 13.7. The first-order valence-electron chi connectivity index (χ1n) is 12.9. The van der Waals surface area contributed by atoms with Gasteiger partial charge in [-0.3, -0.25) is 9.48 Å². The number of nitrogens with two attached hydrogens (primary N) is 1. The number of imidazole rings is 1. The maximum Gasteiger partial charge on any atom is 0.269 e. The SMILES string of the molecule is CCOC(C)c1nc(C(N)=O)c([C@@H](C)Cn2ccc(-c3cc(F)c(C#N)c(Cl)c3)n2)n1COCC[Si](C)(C)C. The van der Waals surface area contributed by atoms with Crippen molar-refractivity contribution in [1.29, 1.82) is 5.26 Å². The molecule has 9 nitrogen and oxygen atoms in total. The fraction of sp³-hybridized carbons (Fsp3) is 0.481. The molecule has 3 rings (SSSR count). The van der Waals surface area contributed by atoms with Crippen LogP contribution in [-0.4, -0.2) is 46.5 Å². The zero-order chi connectivity index (χ0) is 28.9. The summed E-state index contributed by atoms with van der Waals surface area (Å²) in [6.07, 6.45) is 1.39. The van der Waals surface area contributed by atoms with Gasteiger partial charge in [-0.1, -0.05) is 38.2 Å². The van der Waals surface area contributed by atoms with Crippen molar-refractivity contribution in [1.82, 2.24) is 19.3 Å². The molecule has 39 heavy (non-hydrogen) atoms. The molecule has 2 heterocycles. The molecular formula is C27H36ClFN6O3Si. The number of hydrogen-bond donors (Lipinski definition) is 1. The van der Waals surface area contributed by atoms with Gasteiger partial charge < -0.3 is 19.8 Å². The molecule has 3 aromatic rings. The zero-order valence-electron chi connectivity index (χ0n) is 23.3. The van der Waals surface area contributed by atoms with Crippen molar-refractivity contribution in [2.24, 2.45) is 5.73 Å². The normalized spacial score (nSPS) is 13.3. The summed E-state index contributed by atoms with van der Waals surface area (Å²) in [6, 6.07) is 7.24. The molecule has 0 spiro atoms. The Morgan fingerprint density at radius 1 is 1.31 bits per heavy atom. The highest BCUT2D eigenvalue weighted by Gasteiger charge is 2.28. The molecule has 0 aliphatic carbocycles. The number of amides is 1. The van der Waals surface area contributed by atoms with Crippen LogP contribution in [0.4, 0.5) is 4.39 Å². The van der Waals surface area contributed by atoms with Gasteiger partial charge in [-0.2, -0.15) is 10.4 Å². The molecule has 1 aromatic carbocycles. The average Bonchev–Trinajstić information content (AvgIpc) is 3.46. The molecule has 1 unspecified atom stereocenters. The second kappa shape index (κ2) is 12.9. The summed E-state index contributed by atoms with van der Waals surface area (Å²) >= 11 is 6.08. The summed E-state index contributed by atoms with van der Waals surface area (Å²) in [7, 11) is -1.29. The van der Waals surface area contributed by atoms with E-state index in [1.54, 1.807) is 23.0 Å². The topological polar surface area (TPSA) is 121 Å². The van der Waals surface area contributed by atoms with Crippen LogP contribution in [0.3, 0.4) is 0 Å². The van der Waals surface area contributed by atoms with Crippen molar-refractivity contribution >= 4 is 25.6 Å². The predicted octanol–water partition coefficient (Wildman–Crippen LogP) is 5.72. The minimum atomic E-state index is -1.29. The first-order chi connectivity index (χ1) is 18.4. The Morgan fingerprint density at radius 2 is 2.03 bits per heavy atom. The molecule has 2 aromatic heterocycles. The number of primary amides is 1. The summed E-state index contributed by atoms with van der Waals surface area (Å²) in [5.41, 5.74) is 7.32. The highest BCUT2D eigenvalue weighted by atomic mass is 35.5. The van der Waals surface area contributed by atoms with Crippen LogP contribution in [0, 0.1) is 17.1 Å². The lowest BCUT2D eigenvalue weighted by molar-refractivity contribution is 0.0471. The van der Waals surface area contributed by atoms with E-state index >= 15 is 0 Å². The van der Waals surface area contributed by atoms with E-state index in [0.717, 1.165) is 6.04 Å². The predicted molar refractivity (Wildman–Crippen MR) is 151 cm³/mol. The van der Waals surface area contributed by atoms with Crippen LogP contribution in [0.15, 0.2) is 24.4 Å². The van der Waals surface area contributed by atoms with Gasteiger partial charge in [0, 0.05) is 45.5 Å². The molecule has 1 amide bonds. The number of carbonyl (C=O) groups is 1. The molecule has 0 aliphatic heterocycles. The highest BCUT2D eigenvalue weighted by molar-refractivity contribution is 6.76. The third kappa shape index (κ3) is 7.54. The lowest BCUT2D eigenvalue weighted by Crippen LogP contribution is -2.23. The van der Waals surface area contributed by atoms with Crippen molar-refractivity contribution in [2.45, 2.75) is 71.8 Å². The third-order valence-electron chi connectivity index (χ3n) is 6.28. The van der Waals surface area contributed by atoms with Gasteiger partial charge in [0.05, 0.1) is 16.4 Å². The van der Waals surface area contributed by atoms with Gasteiger partial charge in [0.1, 0.15) is 41.8 Å². The molecule has 0 bridgehead atoms. The van der Waals surface area contributed by atoms with Crippen LogP contribution in [0.1, 0.15) is 60.4 Å². The van der Waals surface area contributed by atoms with E-state index in [1.807, 2.05) is 25.3 Å². The Labute approximate surface area is 234 Å². The minimum absolute atomic E-state index is 0.0236. The summed E-state index contributed by atoms with van der Waals surface area (Å²) in [4.78, 5) is 17.1. The standard InChI is InChI=1S/C27H36ClFN6O3Si/c1-7-38-18(3)27-32-24(26(31)36)25(35(27)16-37-10-11-39(4,5)6)17(2)15-34-9-8-23(33-34)19-12-21(28)20(14-30)22(29)13-19/h8-9,12-13,17-18H,7,10-11,15-16H2,1-6H3,(H2,31,36)/t17-,18?/m0/s1. The number of nitriles is 1. The number of halogens is 2. The Hall–Kier alpha value is -3.04. The molecule has 12 heteroatoms. The lowest BCUT2D eigenvalue weighted by Gasteiger charge is -2.21. The van der Waals surface area contributed by atoms with Crippen LogP contribution in [0.2, 0.25) is 30.7 Å². The number of benzene rings is 1. The van der Waals surface area contributed by atoms with Crippen molar-refractivity contribution in [3.8, 4) is 17.3 Å². The molecule has 0 saturated heterocycles. The number of aromatic nitrogens is 4. The van der Waals surface area contributed by atoms with Gasteiger partial charge in [-0.15, -0.1) is 0 Å².